The van der Waals surface area contributed by atoms with Crippen LogP contribution in [-0.2, 0) is 0 Å². The van der Waals surface area contributed by atoms with Gasteiger partial charge in [-0.3, -0.25) is 9.98 Å². The van der Waals surface area contributed by atoms with E-state index in [4.69, 9.17) is 5.41 Å². The Balaban J connectivity index is 2.39. The van der Waals surface area contributed by atoms with E-state index in [9.17, 15) is 0 Å². The van der Waals surface area contributed by atoms with Crippen molar-refractivity contribution >= 4 is 17.6 Å². The lowest BCUT2D eigenvalue weighted by molar-refractivity contribution is 0.967. The average molecular weight is 185 g/mol. The molecule has 14 heavy (non-hydrogen) atoms. The Morgan fingerprint density at radius 3 is 2.50 bits per heavy atom. The number of nitrogens with one attached hydrogen (secondary N) is 1. The van der Waals surface area contributed by atoms with Crippen LogP contribution in [0.5, 0.6) is 0 Å². The molecule has 70 valence electrons. The predicted molar refractivity (Wildman–Crippen MR) is 58.9 cm³/mol. The van der Waals surface area contributed by atoms with Crippen LogP contribution in [0.2, 0.25) is 0 Å². The van der Waals surface area contributed by atoms with Crippen LogP contribution in [0.4, 0.5) is 0 Å². The van der Waals surface area contributed by atoms with Crippen LogP contribution in [0.15, 0.2) is 40.3 Å². The van der Waals surface area contributed by atoms with Gasteiger partial charge < -0.3 is 5.41 Å². The van der Waals surface area contributed by atoms with Gasteiger partial charge in [-0.15, -0.1) is 0 Å². The summed E-state index contributed by atoms with van der Waals surface area (Å²) in [5.41, 5.74) is 2.56. The first-order valence-corrected chi connectivity index (χ1v) is 4.57. The van der Waals surface area contributed by atoms with Gasteiger partial charge in [0.2, 0.25) is 0 Å². The second-order valence-corrected chi connectivity index (χ2v) is 3.01. The van der Waals surface area contributed by atoms with E-state index in [1.165, 1.54) is 6.21 Å². The van der Waals surface area contributed by atoms with Crippen LogP contribution in [0, 0.1) is 5.41 Å². The predicted octanol–water partition coefficient (Wildman–Crippen LogP) is 1.58. The first-order chi connectivity index (χ1) is 6.92. The number of benzene rings is 1. The Morgan fingerprint density at radius 2 is 1.79 bits per heavy atom. The quantitative estimate of drug-likeness (QED) is 0.680. The minimum absolute atomic E-state index is 0.683. The molecule has 1 aromatic rings. The first kappa shape index (κ1) is 8.81. The topological polar surface area (TPSA) is 48.6 Å². The maximum atomic E-state index is 7.24. The van der Waals surface area contributed by atoms with Crippen LogP contribution in [-0.4, -0.2) is 30.7 Å². The van der Waals surface area contributed by atoms with Crippen LogP contribution in [0.3, 0.4) is 0 Å². The molecule has 3 nitrogen and oxygen atoms in total. The molecule has 1 aliphatic rings. The minimum Gasteiger partial charge on any atom is -0.306 e. The average Bonchev–Trinajstić information content (AvgIpc) is 2.30. The summed E-state index contributed by atoms with van der Waals surface area (Å²) in [7, 11) is 0. The van der Waals surface area contributed by atoms with Crippen molar-refractivity contribution in [3.05, 3.63) is 35.9 Å². The number of rotatable bonds is 2. The van der Waals surface area contributed by atoms with Crippen molar-refractivity contribution in [2.24, 2.45) is 9.98 Å². The Hall–Kier alpha value is -1.77. The van der Waals surface area contributed by atoms with E-state index < -0.39 is 0 Å². The van der Waals surface area contributed by atoms with Crippen molar-refractivity contribution in [2.75, 3.05) is 13.1 Å². The van der Waals surface area contributed by atoms with E-state index in [0.717, 1.165) is 17.8 Å². The lowest BCUT2D eigenvalue weighted by atomic mass is 10.1. The number of hydrogen-bond donors (Lipinski definition) is 1. The van der Waals surface area contributed by atoms with Gasteiger partial charge in [-0.25, -0.2) is 0 Å². The highest BCUT2D eigenvalue weighted by atomic mass is 14.9. The molecule has 1 aromatic carbocycles. The normalized spacial score (nSPS) is 15.7. The van der Waals surface area contributed by atoms with Gasteiger partial charge in [0, 0.05) is 11.8 Å². The molecule has 0 radical (unpaired) electrons. The third kappa shape index (κ3) is 1.62. The highest BCUT2D eigenvalue weighted by Gasteiger charge is 2.11. The van der Waals surface area contributed by atoms with E-state index in [-0.39, 0.29) is 0 Å². The van der Waals surface area contributed by atoms with Gasteiger partial charge in [0.05, 0.1) is 18.8 Å². The van der Waals surface area contributed by atoms with Crippen molar-refractivity contribution in [3.8, 4) is 0 Å². The summed E-state index contributed by atoms with van der Waals surface area (Å²) < 4.78 is 0. The molecular weight excluding hydrogens is 174 g/mol. The lowest BCUT2D eigenvalue weighted by Gasteiger charge is -2.10. The summed E-state index contributed by atoms with van der Waals surface area (Å²) in [6, 6.07) is 9.88. The molecule has 0 saturated heterocycles. The zero-order valence-electron chi connectivity index (χ0n) is 7.77. The highest BCUT2D eigenvalue weighted by molar-refractivity contribution is 6.66. The van der Waals surface area contributed by atoms with Gasteiger partial charge in [-0.2, -0.15) is 0 Å². The molecule has 0 aliphatic carbocycles. The standard InChI is InChI=1S/C11H11N3/c12-8-10-11(14-7-6-13-10)9-4-2-1-3-5-9/h1-5,8,12H,6-7H2. The van der Waals surface area contributed by atoms with Gasteiger partial charge in [0.15, 0.2) is 0 Å². The fourth-order valence-electron chi connectivity index (χ4n) is 1.44. The molecule has 3 heteroatoms. The summed E-state index contributed by atoms with van der Waals surface area (Å²) in [4.78, 5) is 8.64. The smallest absolute Gasteiger partial charge is 0.101 e. The second kappa shape index (κ2) is 3.96. The molecule has 2 rings (SSSR count). The van der Waals surface area contributed by atoms with E-state index in [0.29, 0.717) is 12.3 Å². The number of hydrogen-bond acceptors (Lipinski definition) is 3. The SMILES string of the molecule is N=CC1=NCCN=C1c1ccccc1. The fourth-order valence-corrected chi connectivity index (χ4v) is 1.44. The third-order valence-electron chi connectivity index (χ3n) is 2.08. The highest BCUT2D eigenvalue weighted by Crippen LogP contribution is 2.05. The van der Waals surface area contributed by atoms with Crippen LogP contribution < -0.4 is 0 Å². The second-order valence-electron chi connectivity index (χ2n) is 3.01. The monoisotopic (exact) mass is 185 g/mol. The van der Waals surface area contributed by atoms with Crippen molar-refractivity contribution in [1.29, 1.82) is 5.41 Å². The van der Waals surface area contributed by atoms with Crippen molar-refractivity contribution in [2.45, 2.75) is 0 Å². The van der Waals surface area contributed by atoms with Gasteiger partial charge in [-0.05, 0) is 0 Å². The van der Waals surface area contributed by atoms with E-state index in [1.807, 2.05) is 30.3 Å². The molecule has 0 atom stereocenters. The van der Waals surface area contributed by atoms with Gasteiger partial charge >= 0.3 is 0 Å². The van der Waals surface area contributed by atoms with Crippen LogP contribution >= 0.6 is 0 Å². The molecule has 0 spiro atoms. The van der Waals surface area contributed by atoms with Crippen molar-refractivity contribution in [3.63, 3.8) is 0 Å². The van der Waals surface area contributed by atoms with Crippen molar-refractivity contribution in [1.82, 2.24) is 0 Å². The third-order valence-corrected chi connectivity index (χ3v) is 2.08. The maximum Gasteiger partial charge on any atom is 0.101 e. The number of nitrogens with zero attached hydrogens (tertiary/aromatic N) is 2. The first-order valence-electron chi connectivity index (χ1n) is 4.57. The molecule has 0 amide bonds. The van der Waals surface area contributed by atoms with E-state index >= 15 is 0 Å². The van der Waals surface area contributed by atoms with Crippen LogP contribution in [0.25, 0.3) is 0 Å². The van der Waals surface area contributed by atoms with Gasteiger partial charge in [0.25, 0.3) is 0 Å². The van der Waals surface area contributed by atoms with E-state index in [2.05, 4.69) is 9.98 Å². The summed E-state index contributed by atoms with van der Waals surface area (Å²) in [5, 5.41) is 7.24. The molecule has 0 unspecified atom stereocenters. The van der Waals surface area contributed by atoms with E-state index in [1.54, 1.807) is 0 Å². The van der Waals surface area contributed by atoms with Gasteiger partial charge in [-0.1, -0.05) is 30.3 Å². The zero-order chi connectivity index (χ0) is 9.80. The Morgan fingerprint density at radius 1 is 1.07 bits per heavy atom. The maximum absolute atomic E-state index is 7.24. The molecular formula is C11H11N3. The largest absolute Gasteiger partial charge is 0.306 e. The molecule has 0 fully saturated rings. The molecule has 0 saturated carbocycles. The molecule has 1 heterocycles. The Bertz CT molecular complexity index is 390. The van der Waals surface area contributed by atoms with Crippen molar-refractivity contribution < 1.29 is 0 Å². The minimum atomic E-state index is 0.683. The summed E-state index contributed by atoms with van der Waals surface area (Å²) in [5.74, 6) is 0. The molecule has 0 aromatic heterocycles. The van der Waals surface area contributed by atoms with Crippen LogP contribution in [0.1, 0.15) is 5.56 Å². The Kier molecular flexibility index (Phi) is 2.49. The summed E-state index contributed by atoms with van der Waals surface area (Å²) >= 11 is 0. The van der Waals surface area contributed by atoms with Gasteiger partial charge in [0.1, 0.15) is 5.71 Å². The lowest BCUT2D eigenvalue weighted by Crippen LogP contribution is -2.22. The molecule has 1 aliphatic heterocycles. The fraction of sp³-hybridized carbons (Fsp3) is 0.182. The Labute approximate surface area is 82.7 Å². The molecule has 0 bridgehead atoms. The summed E-state index contributed by atoms with van der Waals surface area (Å²) in [6.07, 6.45) is 1.27. The molecule has 1 N–H and O–H groups in total. The summed E-state index contributed by atoms with van der Waals surface area (Å²) in [6.45, 7) is 1.42. The number of aliphatic imine (C=N–C) groups is 2. The zero-order valence-corrected chi connectivity index (χ0v) is 7.77.